The van der Waals surface area contributed by atoms with E-state index < -0.39 is 0 Å². The van der Waals surface area contributed by atoms with E-state index in [-0.39, 0.29) is 11.9 Å². The molecule has 3 heteroatoms. The standard InChI is InChI=1S/C15H22INO/c1-11(2)14(10-16)17-15(18)9-8-13-6-4-12(3)5-7-13/h4-7,11,14H,8-10H2,1-3H3,(H,17,18). The summed E-state index contributed by atoms with van der Waals surface area (Å²) in [5, 5.41) is 3.10. The van der Waals surface area contributed by atoms with E-state index in [1.54, 1.807) is 0 Å². The number of aryl methyl sites for hydroxylation is 2. The smallest absolute Gasteiger partial charge is 0.220 e. The minimum atomic E-state index is 0.158. The lowest BCUT2D eigenvalue weighted by Gasteiger charge is -2.19. The summed E-state index contributed by atoms with van der Waals surface area (Å²) in [6, 6.07) is 8.67. The Morgan fingerprint density at radius 2 is 1.89 bits per heavy atom. The fourth-order valence-corrected chi connectivity index (χ4v) is 2.91. The van der Waals surface area contributed by atoms with Crippen LogP contribution >= 0.6 is 22.6 Å². The molecule has 100 valence electrons. The Kier molecular flexibility index (Phi) is 6.68. The molecule has 0 aromatic heterocycles. The van der Waals surface area contributed by atoms with Crippen LogP contribution in [-0.2, 0) is 11.2 Å². The van der Waals surface area contributed by atoms with Crippen LogP contribution in [0.2, 0.25) is 0 Å². The number of carbonyl (C=O) groups excluding carboxylic acids is 1. The van der Waals surface area contributed by atoms with Gasteiger partial charge in [-0.25, -0.2) is 0 Å². The summed E-state index contributed by atoms with van der Waals surface area (Å²) in [5.41, 5.74) is 2.49. The molecular formula is C15H22INO. The lowest BCUT2D eigenvalue weighted by molar-refractivity contribution is -0.121. The average Bonchev–Trinajstić information content (AvgIpc) is 2.35. The first-order valence-electron chi connectivity index (χ1n) is 6.43. The van der Waals surface area contributed by atoms with Gasteiger partial charge < -0.3 is 5.32 Å². The zero-order valence-electron chi connectivity index (χ0n) is 11.4. The van der Waals surface area contributed by atoms with Gasteiger partial charge in [-0.2, -0.15) is 0 Å². The molecule has 0 fully saturated rings. The molecule has 0 aliphatic carbocycles. The van der Waals surface area contributed by atoms with Crippen LogP contribution in [0.4, 0.5) is 0 Å². The third-order valence-corrected chi connectivity index (χ3v) is 4.03. The largest absolute Gasteiger partial charge is 0.352 e. The van der Waals surface area contributed by atoms with Crippen molar-refractivity contribution in [3.8, 4) is 0 Å². The zero-order valence-corrected chi connectivity index (χ0v) is 13.5. The van der Waals surface area contributed by atoms with Crippen LogP contribution < -0.4 is 5.32 Å². The highest BCUT2D eigenvalue weighted by Gasteiger charge is 2.14. The molecule has 0 radical (unpaired) electrons. The summed E-state index contributed by atoms with van der Waals surface area (Å²) in [5.74, 6) is 0.649. The van der Waals surface area contributed by atoms with Crippen LogP contribution in [0.1, 0.15) is 31.4 Å². The molecular weight excluding hydrogens is 337 g/mol. The van der Waals surface area contributed by atoms with Crippen molar-refractivity contribution in [2.24, 2.45) is 5.92 Å². The maximum Gasteiger partial charge on any atom is 0.220 e. The first kappa shape index (κ1) is 15.5. The van der Waals surface area contributed by atoms with Crippen LogP contribution in [0.25, 0.3) is 0 Å². The number of nitrogens with one attached hydrogen (secondary N) is 1. The van der Waals surface area contributed by atoms with Gasteiger partial charge in [-0.1, -0.05) is 66.3 Å². The van der Waals surface area contributed by atoms with Gasteiger partial charge in [0.25, 0.3) is 0 Å². The highest BCUT2D eigenvalue weighted by atomic mass is 127. The summed E-state index contributed by atoms with van der Waals surface area (Å²) < 4.78 is 0.964. The number of hydrogen-bond acceptors (Lipinski definition) is 1. The van der Waals surface area contributed by atoms with Gasteiger partial charge in [0.2, 0.25) is 5.91 Å². The summed E-state index contributed by atoms with van der Waals surface area (Å²) in [4.78, 5) is 11.8. The Balaban J connectivity index is 2.39. The fraction of sp³-hybridized carbons (Fsp3) is 0.533. The Labute approximate surface area is 124 Å². The monoisotopic (exact) mass is 359 g/mol. The lowest BCUT2D eigenvalue weighted by atomic mass is 10.1. The predicted octanol–water partition coefficient (Wildman–Crippen LogP) is 3.50. The lowest BCUT2D eigenvalue weighted by Crippen LogP contribution is -2.39. The molecule has 1 amide bonds. The maximum atomic E-state index is 11.8. The van der Waals surface area contributed by atoms with Gasteiger partial charge in [0.15, 0.2) is 0 Å². The molecule has 1 aromatic carbocycles. The third-order valence-electron chi connectivity index (χ3n) is 3.08. The van der Waals surface area contributed by atoms with Gasteiger partial charge >= 0.3 is 0 Å². The Hall–Kier alpha value is -0.580. The average molecular weight is 359 g/mol. The number of halogens is 1. The van der Waals surface area contributed by atoms with Crippen molar-refractivity contribution >= 4 is 28.5 Å². The number of amides is 1. The summed E-state index contributed by atoms with van der Waals surface area (Å²) in [7, 11) is 0. The van der Waals surface area contributed by atoms with E-state index in [1.807, 2.05) is 0 Å². The number of benzene rings is 1. The molecule has 0 aliphatic rings. The molecule has 2 nitrogen and oxygen atoms in total. The summed E-state index contributed by atoms with van der Waals surface area (Å²) >= 11 is 2.33. The second-order valence-electron chi connectivity index (χ2n) is 5.06. The van der Waals surface area contributed by atoms with E-state index in [9.17, 15) is 4.79 Å². The predicted molar refractivity (Wildman–Crippen MR) is 85.2 cm³/mol. The molecule has 0 bridgehead atoms. The van der Waals surface area contributed by atoms with Crippen molar-refractivity contribution in [3.63, 3.8) is 0 Å². The molecule has 0 saturated carbocycles. The second kappa shape index (κ2) is 7.77. The van der Waals surface area contributed by atoms with Gasteiger partial charge in [-0.3, -0.25) is 4.79 Å². The highest BCUT2D eigenvalue weighted by Crippen LogP contribution is 2.08. The van der Waals surface area contributed by atoms with Gasteiger partial charge in [-0.15, -0.1) is 0 Å². The molecule has 0 heterocycles. The molecule has 0 saturated heterocycles. The number of hydrogen-bond donors (Lipinski definition) is 1. The van der Waals surface area contributed by atoms with Crippen molar-refractivity contribution in [2.45, 2.75) is 39.7 Å². The van der Waals surface area contributed by atoms with Crippen LogP contribution in [0, 0.1) is 12.8 Å². The first-order valence-corrected chi connectivity index (χ1v) is 7.96. The van der Waals surface area contributed by atoms with E-state index in [4.69, 9.17) is 0 Å². The van der Waals surface area contributed by atoms with Crippen molar-refractivity contribution in [1.82, 2.24) is 5.32 Å². The molecule has 1 aromatic rings. The van der Waals surface area contributed by atoms with Gasteiger partial charge in [-0.05, 0) is 24.8 Å². The molecule has 18 heavy (non-hydrogen) atoms. The number of carbonyl (C=O) groups is 1. The third kappa shape index (κ3) is 5.38. The molecule has 1 unspecified atom stereocenters. The zero-order chi connectivity index (χ0) is 13.5. The fourth-order valence-electron chi connectivity index (χ4n) is 1.67. The first-order chi connectivity index (χ1) is 8.52. The highest BCUT2D eigenvalue weighted by molar-refractivity contribution is 14.1. The van der Waals surface area contributed by atoms with Crippen molar-refractivity contribution < 1.29 is 4.79 Å². The quantitative estimate of drug-likeness (QED) is 0.611. The van der Waals surface area contributed by atoms with E-state index in [2.05, 4.69) is 72.9 Å². The van der Waals surface area contributed by atoms with Crippen LogP contribution in [-0.4, -0.2) is 16.4 Å². The summed E-state index contributed by atoms with van der Waals surface area (Å²) in [6.07, 6.45) is 1.39. The Bertz CT molecular complexity index is 373. The van der Waals surface area contributed by atoms with Gasteiger partial charge in [0.05, 0.1) is 0 Å². The molecule has 1 atom stereocenters. The van der Waals surface area contributed by atoms with Crippen molar-refractivity contribution in [2.75, 3.05) is 4.43 Å². The SMILES string of the molecule is Cc1ccc(CCC(=O)NC(CI)C(C)C)cc1. The normalized spacial score (nSPS) is 12.5. The molecule has 0 aliphatic heterocycles. The minimum absolute atomic E-state index is 0.158. The molecule has 0 spiro atoms. The van der Waals surface area contributed by atoms with E-state index in [0.29, 0.717) is 12.3 Å². The Morgan fingerprint density at radius 1 is 1.28 bits per heavy atom. The molecule has 1 N–H and O–H groups in total. The van der Waals surface area contributed by atoms with E-state index in [0.717, 1.165) is 10.8 Å². The van der Waals surface area contributed by atoms with Gasteiger partial charge in [0.1, 0.15) is 0 Å². The Morgan fingerprint density at radius 3 is 2.39 bits per heavy atom. The van der Waals surface area contributed by atoms with Crippen LogP contribution in [0.3, 0.4) is 0 Å². The van der Waals surface area contributed by atoms with Crippen molar-refractivity contribution in [1.29, 1.82) is 0 Å². The van der Waals surface area contributed by atoms with Crippen LogP contribution in [0.5, 0.6) is 0 Å². The van der Waals surface area contributed by atoms with Crippen molar-refractivity contribution in [3.05, 3.63) is 35.4 Å². The van der Waals surface area contributed by atoms with Crippen LogP contribution in [0.15, 0.2) is 24.3 Å². The van der Waals surface area contributed by atoms with E-state index >= 15 is 0 Å². The van der Waals surface area contributed by atoms with E-state index in [1.165, 1.54) is 11.1 Å². The minimum Gasteiger partial charge on any atom is -0.352 e. The molecule has 1 rings (SSSR count). The topological polar surface area (TPSA) is 29.1 Å². The number of alkyl halides is 1. The number of rotatable bonds is 6. The maximum absolute atomic E-state index is 11.8. The summed E-state index contributed by atoms with van der Waals surface area (Å²) in [6.45, 7) is 6.36. The van der Waals surface area contributed by atoms with Gasteiger partial charge in [0, 0.05) is 16.9 Å². The second-order valence-corrected chi connectivity index (χ2v) is 5.94.